The van der Waals surface area contributed by atoms with Gasteiger partial charge in [0.05, 0.1) is 23.0 Å². The molecule has 1 aliphatic rings. The Kier molecular flexibility index (Phi) is 13.1. The summed E-state index contributed by atoms with van der Waals surface area (Å²) in [5, 5.41) is 0. The van der Waals surface area contributed by atoms with Crippen LogP contribution in [0.2, 0.25) is 0 Å². The number of hydrogen-bond acceptors (Lipinski definition) is 14. The predicted molar refractivity (Wildman–Crippen MR) is 130 cm³/mol. The molecule has 0 aromatic carbocycles. The zero-order valence-corrected chi connectivity index (χ0v) is 20.5. The largest absolute Gasteiger partial charge is 0.294 e. The second-order valence-corrected chi connectivity index (χ2v) is 14.6. The lowest BCUT2D eigenvalue weighted by Crippen LogP contribution is -2.41. The number of carbonyl (C=O) groups excluding carboxylic acids is 4. The maximum atomic E-state index is 11.6. The molecule has 0 aromatic rings. The first-order valence-corrected chi connectivity index (χ1v) is 14.0. The minimum atomic E-state index is -0.527. The minimum absolute atomic E-state index is 0.111. The third kappa shape index (κ3) is 9.53. The monoisotopic (exact) mass is 536 g/mol. The number of amides is 4. The first-order valence-electron chi connectivity index (χ1n) is 8.05. The average Bonchev–Trinajstić information content (AvgIpc) is 2.79. The highest BCUT2D eigenvalue weighted by molar-refractivity contribution is 8.40. The summed E-state index contributed by atoms with van der Waals surface area (Å²) < 4.78 is -1.05. The molecule has 0 saturated carbocycles. The zero-order chi connectivity index (χ0) is 22.6. The molecule has 0 aliphatic carbocycles. The van der Waals surface area contributed by atoms with E-state index in [1.54, 1.807) is 0 Å². The Labute approximate surface area is 199 Å². The normalized spacial score (nSPS) is 16.9. The van der Waals surface area contributed by atoms with Crippen LogP contribution in [0.4, 0.5) is 0 Å². The van der Waals surface area contributed by atoms with E-state index in [9.17, 15) is 19.2 Å². The predicted octanol–water partition coefficient (Wildman–Crippen LogP) is -2.33. The molecule has 0 radical (unpaired) electrons. The van der Waals surface area contributed by atoms with Crippen LogP contribution in [0.25, 0.3) is 0 Å². The number of nitrogens with two attached hydrogens (primary N) is 4. The fraction of sp³-hybridized carbons (Fsp3) is 0.667. The van der Waals surface area contributed by atoms with Gasteiger partial charge in [-0.1, -0.05) is 0 Å². The first kappa shape index (κ1) is 27.9. The summed E-state index contributed by atoms with van der Waals surface area (Å²) in [4.78, 5) is 46.5. The van der Waals surface area contributed by atoms with Gasteiger partial charge in [-0.3, -0.25) is 40.9 Å². The van der Waals surface area contributed by atoms with Gasteiger partial charge in [0, 0.05) is 11.5 Å². The molecule has 12 N–H and O–H groups in total. The molecule has 1 saturated heterocycles. The Bertz CT molecular complexity index is 526. The molecule has 172 valence electrons. The van der Waals surface area contributed by atoms with Crippen molar-refractivity contribution in [2.45, 2.75) is 6.82 Å². The van der Waals surface area contributed by atoms with Crippen LogP contribution < -0.4 is 45.1 Å². The van der Waals surface area contributed by atoms with Gasteiger partial charge in [0.2, 0.25) is 23.6 Å². The van der Waals surface area contributed by atoms with Crippen molar-refractivity contribution in [2.75, 3.05) is 34.5 Å². The molecule has 0 aromatic heterocycles. The van der Waals surface area contributed by atoms with E-state index in [0.717, 1.165) is 0 Å². The lowest BCUT2D eigenvalue weighted by atomic mass is 10.7. The van der Waals surface area contributed by atoms with E-state index in [4.69, 9.17) is 23.4 Å². The van der Waals surface area contributed by atoms with Crippen LogP contribution >= 0.6 is 70.6 Å². The Morgan fingerprint density at radius 2 is 0.833 bits per heavy atom. The van der Waals surface area contributed by atoms with Crippen molar-refractivity contribution in [2.24, 2.45) is 23.4 Å². The van der Waals surface area contributed by atoms with Gasteiger partial charge in [-0.2, -0.15) is 0 Å². The number of carbonyl (C=O) groups is 4. The Morgan fingerprint density at radius 3 is 1.00 bits per heavy atom. The van der Waals surface area contributed by atoms with Crippen molar-refractivity contribution >= 4 is 94.2 Å². The van der Waals surface area contributed by atoms with Crippen LogP contribution in [0.15, 0.2) is 0 Å². The molecule has 1 fully saturated rings. The highest BCUT2D eigenvalue weighted by atomic mass is 32.3. The van der Waals surface area contributed by atoms with Crippen molar-refractivity contribution in [3.63, 3.8) is 0 Å². The maximum Gasteiger partial charge on any atom is 0.243 e. The van der Waals surface area contributed by atoms with Gasteiger partial charge in [0.1, 0.15) is 6.82 Å². The Hall–Kier alpha value is -0.180. The first-order chi connectivity index (χ1) is 14.2. The standard InChI is InChI=1S/C12H24N8O4S6/c13-17-7(21)1-25-11(26-2-8(22)18-14)5-30-12(6-29-11,27-3-9(23)19-15)28-4-10(24)20-16/h1-6,13-16H2,(H,17,21)(H,18,22)(H,19,23)(H,20,24). The molecule has 12 nitrogen and oxygen atoms in total. The number of hydrogen-bond donors (Lipinski definition) is 8. The van der Waals surface area contributed by atoms with Gasteiger partial charge in [0.15, 0.2) is 0 Å². The fourth-order valence-electron chi connectivity index (χ4n) is 1.77. The highest BCUT2D eigenvalue weighted by Gasteiger charge is 2.46. The topological polar surface area (TPSA) is 220 Å². The molecular weight excluding hydrogens is 513 g/mol. The minimum Gasteiger partial charge on any atom is -0.294 e. The summed E-state index contributed by atoms with van der Waals surface area (Å²) in [6.45, 7) is 0. The van der Waals surface area contributed by atoms with Gasteiger partial charge in [-0.15, -0.1) is 70.6 Å². The van der Waals surface area contributed by atoms with Crippen molar-refractivity contribution in [3.05, 3.63) is 0 Å². The van der Waals surface area contributed by atoms with Crippen LogP contribution in [0, 0.1) is 0 Å². The number of hydrazine groups is 4. The number of thioether (sulfide) groups is 6. The third-order valence-corrected chi connectivity index (χ3v) is 14.9. The van der Waals surface area contributed by atoms with Crippen LogP contribution in [-0.2, 0) is 19.2 Å². The molecule has 4 amide bonds. The Balaban J connectivity index is 2.90. The third-order valence-electron chi connectivity index (χ3n) is 3.27. The lowest BCUT2D eigenvalue weighted by Gasteiger charge is -2.43. The van der Waals surface area contributed by atoms with Crippen LogP contribution in [0.3, 0.4) is 0 Å². The summed E-state index contributed by atoms with van der Waals surface area (Å²) in [6.07, 6.45) is 0. The molecule has 18 heteroatoms. The van der Waals surface area contributed by atoms with Gasteiger partial charge in [0.25, 0.3) is 0 Å². The van der Waals surface area contributed by atoms with Crippen LogP contribution in [0.5, 0.6) is 0 Å². The second-order valence-electron chi connectivity index (χ2n) is 5.37. The van der Waals surface area contributed by atoms with Gasteiger partial charge >= 0.3 is 0 Å². The van der Waals surface area contributed by atoms with E-state index in [0.29, 0.717) is 11.5 Å². The van der Waals surface area contributed by atoms with E-state index < -0.39 is 6.82 Å². The molecule has 0 spiro atoms. The van der Waals surface area contributed by atoms with Crippen molar-refractivity contribution in [1.82, 2.24) is 21.7 Å². The lowest BCUT2D eigenvalue weighted by molar-refractivity contribution is -0.119. The number of rotatable bonds is 12. The molecule has 0 bridgehead atoms. The quantitative estimate of drug-likeness (QED) is 0.0567. The second kappa shape index (κ2) is 14.1. The van der Waals surface area contributed by atoms with E-state index in [2.05, 4.69) is 21.7 Å². The molecule has 1 heterocycles. The van der Waals surface area contributed by atoms with Crippen molar-refractivity contribution in [3.8, 4) is 0 Å². The molecule has 1 rings (SSSR count). The average molecular weight is 537 g/mol. The van der Waals surface area contributed by atoms with Gasteiger partial charge in [-0.25, -0.2) is 23.4 Å². The van der Waals surface area contributed by atoms with E-state index >= 15 is 0 Å². The summed E-state index contributed by atoms with van der Waals surface area (Å²) in [6, 6.07) is 0. The number of nitrogens with one attached hydrogen (secondary N) is 4. The van der Waals surface area contributed by atoms with E-state index in [-0.39, 0.29) is 46.6 Å². The maximum absolute atomic E-state index is 11.6. The van der Waals surface area contributed by atoms with Crippen molar-refractivity contribution in [1.29, 1.82) is 0 Å². The SMILES string of the molecule is NNC(=O)CSC1(SCC(=O)NN)CSC(SCC(=O)NN)(SCC(=O)NN)CS1. The summed E-state index contributed by atoms with van der Waals surface area (Å²) >= 11 is 8.53. The van der Waals surface area contributed by atoms with Gasteiger partial charge in [-0.05, 0) is 0 Å². The smallest absolute Gasteiger partial charge is 0.243 e. The zero-order valence-electron chi connectivity index (χ0n) is 15.6. The molecule has 30 heavy (non-hydrogen) atoms. The van der Waals surface area contributed by atoms with Crippen molar-refractivity contribution < 1.29 is 19.2 Å². The van der Waals surface area contributed by atoms with Crippen LogP contribution in [0.1, 0.15) is 0 Å². The summed E-state index contributed by atoms with van der Waals surface area (Å²) in [5.41, 5.74) is 8.35. The highest BCUT2D eigenvalue weighted by Crippen LogP contribution is 2.61. The summed E-state index contributed by atoms with van der Waals surface area (Å²) in [7, 11) is 0. The van der Waals surface area contributed by atoms with Gasteiger partial charge < -0.3 is 0 Å². The Morgan fingerprint density at radius 1 is 0.600 bits per heavy atom. The molecule has 0 unspecified atom stereocenters. The van der Waals surface area contributed by atoms with E-state index in [1.807, 2.05) is 0 Å². The molecule has 1 aliphatic heterocycles. The molecular formula is C12H24N8O4S6. The fourth-order valence-corrected chi connectivity index (χ4v) is 11.5. The van der Waals surface area contributed by atoms with E-state index in [1.165, 1.54) is 70.6 Å². The van der Waals surface area contributed by atoms with Crippen LogP contribution in [-0.4, -0.2) is 65.0 Å². The molecule has 0 atom stereocenters. The summed E-state index contributed by atoms with van der Waals surface area (Å²) in [5.74, 6) is 20.8.